The second kappa shape index (κ2) is 6.27. The van der Waals surface area contributed by atoms with Crippen molar-refractivity contribution < 1.29 is 9.47 Å². The molecule has 0 amide bonds. The second-order valence-electron chi connectivity index (χ2n) is 6.88. The van der Waals surface area contributed by atoms with E-state index in [1.54, 1.807) is 14.2 Å². The monoisotopic (exact) mass is 291 g/mol. The van der Waals surface area contributed by atoms with Crippen LogP contribution in [0.15, 0.2) is 18.2 Å². The van der Waals surface area contributed by atoms with E-state index in [0.29, 0.717) is 17.8 Å². The third kappa shape index (κ3) is 3.18. The lowest BCUT2D eigenvalue weighted by Gasteiger charge is -2.46. The Morgan fingerprint density at radius 2 is 1.67 bits per heavy atom. The first-order valence-corrected chi connectivity index (χ1v) is 7.93. The van der Waals surface area contributed by atoms with Crippen LogP contribution in [-0.4, -0.2) is 14.2 Å². The van der Waals surface area contributed by atoms with Crippen LogP contribution < -0.4 is 15.2 Å². The molecule has 118 valence electrons. The Balaban J connectivity index is 2.48. The van der Waals surface area contributed by atoms with Crippen molar-refractivity contribution >= 4 is 0 Å². The molecule has 0 spiro atoms. The Hall–Kier alpha value is -1.22. The third-order valence-corrected chi connectivity index (χ3v) is 5.01. The van der Waals surface area contributed by atoms with Crippen LogP contribution in [0.5, 0.6) is 11.5 Å². The van der Waals surface area contributed by atoms with Crippen molar-refractivity contribution in [2.24, 2.45) is 23.5 Å². The molecule has 2 rings (SSSR count). The molecule has 1 aliphatic rings. The normalized spacial score (nSPS) is 29.5. The van der Waals surface area contributed by atoms with Gasteiger partial charge >= 0.3 is 0 Å². The molecule has 1 saturated carbocycles. The average Bonchev–Trinajstić information content (AvgIpc) is 2.46. The van der Waals surface area contributed by atoms with Crippen molar-refractivity contribution in [1.29, 1.82) is 0 Å². The highest BCUT2D eigenvalue weighted by molar-refractivity contribution is 5.42. The standard InChI is InChI=1S/C18H29NO2/c1-12(2)17-7-6-13(3)11-18(17,19)14-8-15(20-4)10-16(9-14)21-5/h8-10,12-13,17H,6-7,11,19H2,1-5H3. The Kier molecular flexibility index (Phi) is 4.82. The van der Waals surface area contributed by atoms with E-state index in [4.69, 9.17) is 15.2 Å². The van der Waals surface area contributed by atoms with Crippen LogP contribution in [0.25, 0.3) is 0 Å². The number of hydrogen-bond donors (Lipinski definition) is 1. The summed E-state index contributed by atoms with van der Waals surface area (Å²) >= 11 is 0. The summed E-state index contributed by atoms with van der Waals surface area (Å²) < 4.78 is 10.8. The van der Waals surface area contributed by atoms with E-state index in [2.05, 4.69) is 32.9 Å². The molecular formula is C18H29NO2. The van der Waals surface area contributed by atoms with Gasteiger partial charge in [-0.05, 0) is 48.3 Å². The topological polar surface area (TPSA) is 44.5 Å². The summed E-state index contributed by atoms with van der Waals surface area (Å²) in [5.74, 6) is 3.34. The van der Waals surface area contributed by atoms with Gasteiger partial charge in [0.25, 0.3) is 0 Å². The first-order chi connectivity index (χ1) is 9.90. The van der Waals surface area contributed by atoms with E-state index in [1.807, 2.05) is 6.07 Å². The number of ether oxygens (including phenoxy) is 2. The lowest BCUT2D eigenvalue weighted by Crippen LogP contribution is -2.50. The van der Waals surface area contributed by atoms with Gasteiger partial charge in [-0.1, -0.05) is 27.2 Å². The van der Waals surface area contributed by atoms with Crippen LogP contribution in [0, 0.1) is 17.8 Å². The number of rotatable bonds is 4. The SMILES string of the molecule is COc1cc(OC)cc(C2(N)CC(C)CCC2C(C)C)c1. The molecule has 3 heteroatoms. The molecule has 0 saturated heterocycles. The maximum Gasteiger partial charge on any atom is 0.122 e. The minimum atomic E-state index is -0.298. The smallest absolute Gasteiger partial charge is 0.122 e. The van der Waals surface area contributed by atoms with Gasteiger partial charge in [-0.2, -0.15) is 0 Å². The molecule has 0 heterocycles. The van der Waals surface area contributed by atoms with Gasteiger partial charge in [-0.15, -0.1) is 0 Å². The molecule has 3 unspecified atom stereocenters. The van der Waals surface area contributed by atoms with Crippen molar-refractivity contribution in [3.05, 3.63) is 23.8 Å². The summed E-state index contributed by atoms with van der Waals surface area (Å²) in [5.41, 5.74) is 7.80. The van der Waals surface area contributed by atoms with Gasteiger partial charge in [0.15, 0.2) is 0 Å². The fourth-order valence-corrected chi connectivity index (χ4v) is 3.89. The van der Waals surface area contributed by atoms with E-state index in [9.17, 15) is 0 Å². The van der Waals surface area contributed by atoms with E-state index in [0.717, 1.165) is 23.5 Å². The molecule has 1 aliphatic carbocycles. The van der Waals surface area contributed by atoms with Gasteiger partial charge in [0.05, 0.1) is 14.2 Å². The average molecular weight is 291 g/mol. The minimum absolute atomic E-state index is 0.298. The van der Waals surface area contributed by atoms with Gasteiger partial charge in [0.1, 0.15) is 11.5 Å². The number of nitrogens with two attached hydrogens (primary N) is 1. The van der Waals surface area contributed by atoms with Crippen LogP contribution in [0.4, 0.5) is 0 Å². The maximum absolute atomic E-state index is 6.95. The molecule has 2 N–H and O–H groups in total. The van der Waals surface area contributed by atoms with Crippen LogP contribution in [-0.2, 0) is 5.54 Å². The maximum atomic E-state index is 6.95. The number of hydrogen-bond acceptors (Lipinski definition) is 3. The third-order valence-electron chi connectivity index (χ3n) is 5.01. The summed E-state index contributed by atoms with van der Waals surface area (Å²) in [7, 11) is 3.37. The van der Waals surface area contributed by atoms with Crippen LogP contribution >= 0.6 is 0 Å². The zero-order chi connectivity index (χ0) is 15.6. The summed E-state index contributed by atoms with van der Waals surface area (Å²) in [5, 5.41) is 0. The fraction of sp³-hybridized carbons (Fsp3) is 0.667. The van der Waals surface area contributed by atoms with Gasteiger partial charge in [-0.3, -0.25) is 0 Å². The van der Waals surface area contributed by atoms with Crippen molar-refractivity contribution in [3.63, 3.8) is 0 Å². The van der Waals surface area contributed by atoms with Crippen LogP contribution in [0.1, 0.15) is 45.6 Å². The minimum Gasteiger partial charge on any atom is -0.497 e. The van der Waals surface area contributed by atoms with Crippen LogP contribution in [0.2, 0.25) is 0 Å². The molecule has 0 aliphatic heterocycles. The molecule has 0 radical (unpaired) electrons. The molecule has 1 aromatic rings. The molecule has 21 heavy (non-hydrogen) atoms. The van der Waals surface area contributed by atoms with E-state index in [-0.39, 0.29) is 5.54 Å². The van der Waals surface area contributed by atoms with Gasteiger partial charge < -0.3 is 15.2 Å². The predicted octanol–water partition coefficient (Wildman–Crippen LogP) is 3.95. The summed E-state index contributed by atoms with van der Waals surface area (Å²) in [6.45, 7) is 6.86. The van der Waals surface area contributed by atoms with Crippen molar-refractivity contribution in [3.8, 4) is 11.5 Å². The molecule has 0 aromatic heterocycles. The van der Waals surface area contributed by atoms with E-state index < -0.39 is 0 Å². The Morgan fingerprint density at radius 1 is 1.10 bits per heavy atom. The summed E-state index contributed by atoms with van der Waals surface area (Å²) in [6, 6.07) is 6.06. The van der Waals surface area contributed by atoms with E-state index in [1.165, 1.54) is 12.8 Å². The zero-order valence-corrected chi connectivity index (χ0v) is 14.0. The highest BCUT2D eigenvalue weighted by atomic mass is 16.5. The number of benzene rings is 1. The first-order valence-electron chi connectivity index (χ1n) is 7.93. The van der Waals surface area contributed by atoms with Crippen molar-refractivity contribution in [2.45, 2.75) is 45.6 Å². The molecule has 1 aromatic carbocycles. The van der Waals surface area contributed by atoms with Crippen molar-refractivity contribution in [2.75, 3.05) is 14.2 Å². The first kappa shape index (κ1) is 16.2. The van der Waals surface area contributed by atoms with Crippen LogP contribution in [0.3, 0.4) is 0 Å². The fourth-order valence-electron chi connectivity index (χ4n) is 3.89. The zero-order valence-electron chi connectivity index (χ0n) is 14.0. The quantitative estimate of drug-likeness (QED) is 0.913. The molecule has 3 nitrogen and oxygen atoms in total. The predicted molar refractivity (Wildman–Crippen MR) is 86.8 cm³/mol. The lowest BCUT2D eigenvalue weighted by molar-refractivity contribution is 0.108. The van der Waals surface area contributed by atoms with E-state index >= 15 is 0 Å². The largest absolute Gasteiger partial charge is 0.497 e. The van der Waals surface area contributed by atoms with Gasteiger partial charge in [-0.25, -0.2) is 0 Å². The Labute approximate surface area is 128 Å². The highest BCUT2D eigenvalue weighted by Crippen LogP contribution is 2.46. The second-order valence-corrected chi connectivity index (χ2v) is 6.88. The Morgan fingerprint density at radius 3 is 2.14 bits per heavy atom. The molecule has 1 fully saturated rings. The number of methoxy groups -OCH3 is 2. The molecular weight excluding hydrogens is 262 g/mol. The Bertz CT molecular complexity index is 464. The van der Waals surface area contributed by atoms with Gasteiger partial charge in [0.2, 0.25) is 0 Å². The highest BCUT2D eigenvalue weighted by Gasteiger charge is 2.42. The van der Waals surface area contributed by atoms with Crippen molar-refractivity contribution in [1.82, 2.24) is 0 Å². The summed E-state index contributed by atoms with van der Waals surface area (Å²) in [6.07, 6.45) is 3.48. The molecule has 3 atom stereocenters. The van der Waals surface area contributed by atoms with Gasteiger partial charge in [0, 0.05) is 11.6 Å². The lowest BCUT2D eigenvalue weighted by atomic mass is 9.62. The summed E-state index contributed by atoms with van der Waals surface area (Å²) in [4.78, 5) is 0. The molecule has 0 bridgehead atoms.